The van der Waals surface area contributed by atoms with Crippen molar-refractivity contribution < 1.29 is 9.32 Å². The van der Waals surface area contributed by atoms with Crippen molar-refractivity contribution >= 4 is 5.91 Å². The Bertz CT molecular complexity index is 727. The van der Waals surface area contributed by atoms with Crippen LogP contribution < -0.4 is 5.32 Å². The molecule has 0 radical (unpaired) electrons. The highest BCUT2D eigenvalue weighted by Crippen LogP contribution is 2.44. The van der Waals surface area contributed by atoms with Gasteiger partial charge in [0.15, 0.2) is 0 Å². The summed E-state index contributed by atoms with van der Waals surface area (Å²) >= 11 is 0. The molecule has 1 aliphatic rings. The second kappa shape index (κ2) is 8.52. The van der Waals surface area contributed by atoms with Crippen LogP contribution >= 0.6 is 0 Å². The zero-order chi connectivity index (χ0) is 18.5. The highest BCUT2D eigenvalue weighted by atomic mass is 16.5. The number of hydrogen-bond acceptors (Lipinski definition) is 3. The minimum Gasteiger partial charge on any atom is -0.361 e. The fourth-order valence-electron chi connectivity index (χ4n) is 3.21. The molecule has 4 heteroatoms. The third kappa shape index (κ3) is 5.20. The molecule has 1 aromatic carbocycles. The topological polar surface area (TPSA) is 55.1 Å². The molecule has 4 nitrogen and oxygen atoms in total. The summed E-state index contributed by atoms with van der Waals surface area (Å²) in [6.07, 6.45) is 5.64. The molecule has 0 spiro atoms. The van der Waals surface area contributed by atoms with Gasteiger partial charge in [0, 0.05) is 31.4 Å². The van der Waals surface area contributed by atoms with Crippen LogP contribution in [0.1, 0.15) is 73.6 Å². The Morgan fingerprint density at radius 2 is 1.96 bits per heavy atom. The second-order valence-corrected chi connectivity index (χ2v) is 7.94. The lowest BCUT2D eigenvalue weighted by Crippen LogP contribution is -2.23. The molecular formula is C22H30N2O2. The summed E-state index contributed by atoms with van der Waals surface area (Å²) in [4.78, 5) is 12.2. The average molecular weight is 354 g/mol. The molecular weight excluding hydrogens is 324 g/mol. The van der Waals surface area contributed by atoms with Crippen molar-refractivity contribution in [3.63, 3.8) is 0 Å². The Morgan fingerprint density at radius 1 is 1.23 bits per heavy atom. The predicted molar refractivity (Wildman–Crippen MR) is 103 cm³/mol. The fourth-order valence-corrected chi connectivity index (χ4v) is 3.21. The van der Waals surface area contributed by atoms with Crippen molar-refractivity contribution in [3.05, 3.63) is 52.4 Å². The molecule has 1 aliphatic carbocycles. The van der Waals surface area contributed by atoms with Crippen LogP contribution in [-0.4, -0.2) is 11.1 Å². The standard InChI is InChI=1S/C22H30N2O2/c1-15(2)4-12-20-22(18-9-10-18)19(24-26-20)11-13-21(25)23-14-17-7-5-16(3)6-8-17/h5-8,15,18H,4,9-14H2,1-3H3,(H,23,25). The van der Waals surface area contributed by atoms with Gasteiger partial charge in [0.2, 0.25) is 5.91 Å². The number of hydrogen-bond donors (Lipinski definition) is 1. The first-order valence-electron chi connectivity index (χ1n) is 9.82. The van der Waals surface area contributed by atoms with Gasteiger partial charge < -0.3 is 9.84 Å². The van der Waals surface area contributed by atoms with Gasteiger partial charge in [0.25, 0.3) is 0 Å². The van der Waals surface area contributed by atoms with Crippen LogP contribution in [0.25, 0.3) is 0 Å². The predicted octanol–water partition coefficient (Wildman–Crippen LogP) is 4.70. The number of benzene rings is 1. The summed E-state index contributed by atoms with van der Waals surface area (Å²) in [5.41, 5.74) is 4.65. The van der Waals surface area contributed by atoms with Crippen LogP contribution in [0, 0.1) is 12.8 Å². The number of aromatic nitrogens is 1. The van der Waals surface area contributed by atoms with Crippen LogP contribution in [0.15, 0.2) is 28.8 Å². The molecule has 0 saturated heterocycles. The first-order chi connectivity index (χ1) is 12.5. The summed E-state index contributed by atoms with van der Waals surface area (Å²) in [5.74, 6) is 2.38. The van der Waals surface area contributed by atoms with Gasteiger partial charge in [-0.1, -0.05) is 48.8 Å². The maximum absolute atomic E-state index is 12.2. The number of aryl methyl sites for hydroxylation is 3. The summed E-state index contributed by atoms with van der Waals surface area (Å²) in [5, 5.41) is 7.30. The third-order valence-corrected chi connectivity index (χ3v) is 5.01. The number of nitrogens with one attached hydrogen (secondary N) is 1. The molecule has 0 aliphatic heterocycles. The number of amides is 1. The molecule has 1 saturated carbocycles. The average Bonchev–Trinajstić information content (AvgIpc) is 3.37. The van der Waals surface area contributed by atoms with E-state index in [-0.39, 0.29) is 5.91 Å². The molecule has 1 heterocycles. The van der Waals surface area contributed by atoms with Gasteiger partial charge in [-0.25, -0.2) is 0 Å². The number of carbonyl (C=O) groups is 1. The summed E-state index contributed by atoms with van der Waals surface area (Å²) in [7, 11) is 0. The molecule has 1 amide bonds. The van der Waals surface area contributed by atoms with Crippen LogP contribution in [0.3, 0.4) is 0 Å². The Kier molecular flexibility index (Phi) is 6.12. The fraction of sp³-hybridized carbons (Fsp3) is 0.545. The van der Waals surface area contributed by atoms with Crippen molar-refractivity contribution in [3.8, 4) is 0 Å². The van der Waals surface area contributed by atoms with Crippen molar-refractivity contribution in [2.24, 2.45) is 5.92 Å². The van der Waals surface area contributed by atoms with Gasteiger partial charge in [0.05, 0.1) is 5.69 Å². The summed E-state index contributed by atoms with van der Waals surface area (Å²) in [6.45, 7) is 7.10. The van der Waals surface area contributed by atoms with E-state index in [1.165, 1.54) is 24.0 Å². The van der Waals surface area contributed by atoms with Crippen molar-refractivity contribution in [1.29, 1.82) is 0 Å². The largest absolute Gasteiger partial charge is 0.361 e. The van der Waals surface area contributed by atoms with E-state index in [2.05, 4.69) is 55.5 Å². The quantitative estimate of drug-likeness (QED) is 0.710. The number of rotatable bonds is 9. The minimum atomic E-state index is 0.0686. The molecule has 1 fully saturated rings. The zero-order valence-electron chi connectivity index (χ0n) is 16.2. The molecule has 0 bridgehead atoms. The maximum Gasteiger partial charge on any atom is 0.220 e. The van der Waals surface area contributed by atoms with Gasteiger partial charge in [-0.2, -0.15) is 0 Å². The Morgan fingerprint density at radius 3 is 2.62 bits per heavy atom. The van der Waals surface area contributed by atoms with E-state index in [1.807, 2.05) is 0 Å². The molecule has 1 aromatic heterocycles. The van der Waals surface area contributed by atoms with Gasteiger partial charge in [0.1, 0.15) is 5.76 Å². The SMILES string of the molecule is Cc1ccc(CNC(=O)CCc2noc(CCC(C)C)c2C2CC2)cc1. The van der Waals surface area contributed by atoms with Gasteiger partial charge in [-0.3, -0.25) is 4.79 Å². The minimum absolute atomic E-state index is 0.0686. The van der Waals surface area contributed by atoms with Crippen molar-refractivity contribution in [2.75, 3.05) is 0 Å². The Labute approximate surface area is 156 Å². The molecule has 26 heavy (non-hydrogen) atoms. The van der Waals surface area contributed by atoms with Crippen molar-refractivity contribution in [2.45, 2.75) is 71.8 Å². The summed E-state index contributed by atoms with van der Waals surface area (Å²) in [6, 6.07) is 8.24. The van der Waals surface area contributed by atoms with Crippen LogP contribution in [0.4, 0.5) is 0 Å². The van der Waals surface area contributed by atoms with Crippen LogP contribution in [0.2, 0.25) is 0 Å². The zero-order valence-corrected chi connectivity index (χ0v) is 16.2. The van der Waals surface area contributed by atoms with Gasteiger partial charge >= 0.3 is 0 Å². The molecule has 140 valence electrons. The smallest absolute Gasteiger partial charge is 0.220 e. The highest BCUT2D eigenvalue weighted by molar-refractivity contribution is 5.76. The molecule has 2 aromatic rings. The molecule has 0 atom stereocenters. The molecule has 0 unspecified atom stereocenters. The Balaban J connectivity index is 1.52. The lowest BCUT2D eigenvalue weighted by Gasteiger charge is -2.06. The first-order valence-corrected chi connectivity index (χ1v) is 9.82. The normalized spacial score (nSPS) is 14.0. The van der Waals surface area contributed by atoms with Gasteiger partial charge in [-0.15, -0.1) is 0 Å². The summed E-state index contributed by atoms with van der Waals surface area (Å²) < 4.78 is 5.64. The lowest BCUT2D eigenvalue weighted by atomic mass is 9.99. The van der Waals surface area contributed by atoms with E-state index in [0.717, 1.165) is 29.9 Å². The number of carbonyl (C=O) groups excluding carboxylic acids is 1. The Hall–Kier alpha value is -2.10. The second-order valence-electron chi connectivity index (χ2n) is 7.94. The van der Waals surface area contributed by atoms with E-state index in [9.17, 15) is 4.79 Å². The monoisotopic (exact) mass is 354 g/mol. The van der Waals surface area contributed by atoms with E-state index in [4.69, 9.17) is 4.52 Å². The van der Waals surface area contributed by atoms with Crippen LogP contribution in [0.5, 0.6) is 0 Å². The van der Waals surface area contributed by atoms with E-state index in [0.29, 0.717) is 31.2 Å². The lowest BCUT2D eigenvalue weighted by molar-refractivity contribution is -0.121. The third-order valence-electron chi connectivity index (χ3n) is 5.01. The van der Waals surface area contributed by atoms with Crippen molar-refractivity contribution in [1.82, 2.24) is 10.5 Å². The van der Waals surface area contributed by atoms with E-state index in [1.54, 1.807) is 0 Å². The van der Waals surface area contributed by atoms with Crippen LogP contribution in [-0.2, 0) is 24.2 Å². The highest BCUT2D eigenvalue weighted by Gasteiger charge is 2.32. The molecule has 3 rings (SSSR count). The van der Waals surface area contributed by atoms with E-state index < -0.39 is 0 Å². The van der Waals surface area contributed by atoms with E-state index >= 15 is 0 Å². The first kappa shape index (κ1) is 18.7. The van der Waals surface area contributed by atoms with Gasteiger partial charge in [-0.05, 0) is 43.6 Å². The maximum atomic E-state index is 12.2. The number of nitrogens with zero attached hydrogens (tertiary/aromatic N) is 1. The molecule has 1 N–H and O–H groups in total.